The lowest BCUT2D eigenvalue weighted by Crippen LogP contribution is -2.01. The van der Waals surface area contributed by atoms with E-state index in [0.29, 0.717) is 17.5 Å². The summed E-state index contributed by atoms with van der Waals surface area (Å²) in [6.45, 7) is 0. The third kappa shape index (κ3) is 6.29. The van der Waals surface area contributed by atoms with E-state index in [2.05, 4.69) is 158 Å². The fourth-order valence-electron chi connectivity index (χ4n) is 7.46. The molecule has 2 aromatic heterocycles. The maximum Gasteiger partial charge on any atom is 0.164 e. The van der Waals surface area contributed by atoms with E-state index >= 15 is 0 Å². The molecule has 0 saturated heterocycles. The number of fused-ring (bicyclic) bond motifs is 3. The van der Waals surface area contributed by atoms with Crippen molar-refractivity contribution in [3.8, 4) is 78.7 Å². The molecule has 0 aliphatic carbocycles. The maximum absolute atomic E-state index is 5.12. The van der Waals surface area contributed by atoms with Crippen LogP contribution in [0.4, 0.5) is 0 Å². The standard InChI is InChI=1S/C51H33N3S/c1-4-15-34(16-5-1)39-31-40(33-41(32-39)43-24-14-26-47-48(43)45-23-12-13-25-46(45)55-47)35-27-29-38(30-28-35)50-52-49(37-19-8-3-9-20-37)53-51(54-50)44-22-11-10-21-42(44)36-17-6-2-7-18-36/h1-33H. The minimum absolute atomic E-state index is 0.632. The molecule has 258 valence electrons. The molecule has 10 rings (SSSR count). The van der Waals surface area contributed by atoms with Gasteiger partial charge in [0, 0.05) is 36.9 Å². The molecule has 0 aliphatic heterocycles. The van der Waals surface area contributed by atoms with Crippen molar-refractivity contribution in [2.24, 2.45) is 0 Å². The summed E-state index contributed by atoms with van der Waals surface area (Å²) in [5, 5.41) is 2.61. The SMILES string of the molecule is c1ccc(-c2cc(-c3ccc(-c4nc(-c5ccccc5)nc(-c5ccccc5-c5ccccc5)n4)cc3)cc(-c3cccc4sc5ccccc5c34)c2)cc1. The predicted octanol–water partition coefficient (Wildman–Crippen LogP) is 13.9. The van der Waals surface area contributed by atoms with Gasteiger partial charge in [0.25, 0.3) is 0 Å². The summed E-state index contributed by atoms with van der Waals surface area (Å²) in [6.07, 6.45) is 0. The van der Waals surface area contributed by atoms with Crippen molar-refractivity contribution in [2.75, 3.05) is 0 Å². The Bertz CT molecular complexity index is 2950. The molecule has 0 saturated carbocycles. The van der Waals surface area contributed by atoms with Crippen molar-refractivity contribution >= 4 is 31.5 Å². The van der Waals surface area contributed by atoms with Gasteiger partial charge in [-0.15, -0.1) is 11.3 Å². The number of nitrogens with zero attached hydrogens (tertiary/aromatic N) is 3. The van der Waals surface area contributed by atoms with Gasteiger partial charge in [-0.3, -0.25) is 0 Å². The van der Waals surface area contributed by atoms with Gasteiger partial charge in [0.1, 0.15) is 0 Å². The van der Waals surface area contributed by atoms with Crippen molar-refractivity contribution in [1.82, 2.24) is 15.0 Å². The second kappa shape index (κ2) is 14.1. The monoisotopic (exact) mass is 719 g/mol. The van der Waals surface area contributed by atoms with Gasteiger partial charge in [0.05, 0.1) is 0 Å². The highest BCUT2D eigenvalue weighted by atomic mass is 32.1. The molecule has 0 unspecified atom stereocenters. The summed E-state index contributed by atoms with van der Waals surface area (Å²) in [7, 11) is 0. The molecule has 2 heterocycles. The Balaban J connectivity index is 1.10. The van der Waals surface area contributed by atoms with Gasteiger partial charge < -0.3 is 0 Å². The highest BCUT2D eigenvalue weighted by Gasteiger charge is 2.17. The van der Waals surface area contributed by atoms with Crippen molar-refractivity contribution in [3.05, 3.63) is 200 Å². The normalized spacial score (nSPS) is 11.3. The zero-order chi connectivity index (χ0) is 36.6. The fourth-order valence-corrected chi connectivity index (χ4v) is 8.60. The van der Waals surface area contributed by atoms with Crippen LogP contribution in [0, 0.1) is 0 Å². The summed E-state index contributed by atoms with van der Waals surface area (Å²) >= 11 is 1.85. The molecule has 0 radical (unpaired) electrons. The molecule has 0 fully saturated rings. The number of hydrogen-bond acceptors (Lipinski definition) is 4. The van der Waals surface area contributed by atoms with E-state index in [9.17, 15) is 0 Å². The Hall–Kier alpha value is -7.01. The first-order chi connectivity index (χ1) is 27.2. The van der Waals surface area contributed by atoms with E-state index in [-0.39, 0.29) is 0 Å². The largest absolute Gasteiger partial charge is 0.208 e. The Morgan fingerprint density at radius 1 is 0.273 bits per heavy atom. The van der Waals surface area contributed by atoms with Gasteiger partial charge in [-0.25, -0.2) is 15.0 Å². The van der Waals surface area contributed by atoms with Crippen LogP contribution < -0.4 is 0 Å². The topological polar surface area (TPSA) is 38.7 Å². The quantitative estimate of drug-likeness (QED) is 0.165. The van der Waals surface area contributed by atoms with Crippen molar-refractivity contribution in [1.29, 1.82) is 0 Å². The minimum Gasteiger partial charge on any atom is -0.208 e. The molecule has 3 nitrogen and oxygen atoms in total. The number of hydrogen-bond donors (Lipinski definition) is 0. The number of thiophene rings is 1. The summed E-state index contributed by atoms with van der Waals surface area (Å²) < 4.78 is 2.60. The molecule has 55 heavy (non-hydrogen) atoms. The average molecular weight is 720 g/mol. The smallest absolute Gasteiger partial charge is 0.164 e. The van der Waals surface area contributed by atoms with Crippen LogP contribution in [0.3, 0.4) is 0 Å². The van der Waals surface area contributed by atoms with E-state index in [1.165, 1.54) is 42.4 Å². The molecule has 8 aromatic carbocycles. The van der Waals surface area contributed by atoms with E-state index in [4.69, 9.17) is 15.0 Å². The second-order valence-corrected chi connectivity index (χ2v) is 14.7. The van der Waals surface area contributed by atoms with E-state index < -0.39 is 0 Å². The first kappa shape index (κ1) is 32.6. The van der Waals surface area contributed by atoms with Crippen molar-refractivity contribution < 1.29 is 0 Å². The van der Waals surface area contributed by atoms with Crippen LogP contribution in [0.1, 0.15) is 0 Å². The molecule has 0 spiro atoms. The van der Waals surface area contributed by atoms with E-state index in [0.717, 1.165) is 38.9 Å². The van der Waals surface area contributed by atoms with Gasteiger partial charge in [-0.05, 0) is 74.8 Å². The van der Waals surface area contributed by atoms with Gasteiger partial charge in [0.2, 0.25) is 0 Å². The minimum atomic E-state index is 0.632. The van der Waals surface area contributed by atoms with Crippen LogP contribution in [0.15, 0.2) is 200 Å². The summed E-state index contributed by atoms with van der Waals surface area (Å²) in [5.74, 6) is 1.92. The molecule has 0 aliphatic rings. The Labute approximate surface area is 323 Å². The van der Waals surface area contributed by atoms with Crippen LogP contribution in [0.2, 0.25) is 0 Å². The summed E-state index contributed by atoms with van der Waals surface area (Å²) in [4.78, 5) is 15.2. The molecule has 0 N–H and O–H groups in total. The van der Waals surface area contributed by atoms with Gasteiger partial charge in [-0.1, -0.05) is 170 Å². The van der Waals surface area contributed by atoms with Gasteiger partial charge >= 0.3 is 0 Å². The van der Waals surface area contributed by atoms with E-state index in [1.54, 1.807) is 0 Å². The lowest BCUT2D eigenvalue weighted by molar-refractivity contribution is 1.07. The van der Waals surface area contributed by atoms with Gasteiger partial charge in [-0.2, -0.15) is 0 Å². The highest BCUT2D eigenvalue weighted by molar-refractivity contribution is 7.25. The zero-order valence-electron chi connectivity index (χ0n) is 29.8. The van der Waals surface area contributed by atoms with Crippen molar-refractivity contribution in [3.63, 3.8) is 0 Å². The first-order valence-electron chi connectivity index (χ1n) is 18.4. The average Bonchev–Trinajstić information content (AvgIpc) is 3.66. The molecule has 10 aromatic rings. The Kier molecular flexibility index (Phi) is 8.36. The van der Waals surface area contributed by atoms with Crippen molar-refractivity contribution in [2.45, 2.75) is 0 Å². The van der Waals surface area contributed by atoms with Crippen LogP contribution in [0.25, 0.3) is 98.8 Å². The molecule has 0 amide bonds. The van der Waals surface area contributed by atoms with E-state index in [1.807, 2.05) is 53.8 Å². The Morgan fingerprint density at radius 2 is 0.727 bits per heavy atom. The predicted molar refractivity (Wildman–Crippen MR) is 231 cm³/mol. The zero-order valence-corrected chi connectivity index (χ0v) is 30.6. The number of rotatable bonds is 7. The summed E-state index contributed by atoms with van der Waals surface area (Å²) in [5.41, 5.74) is 12.1. The highest BCUT2D eigenvalue weighted by Crippen LogP contribution is 2.42. The number of benzene rings is 8. The molecular formula is C51H33N3S. The number of aromatic nitrogens is 3. The molecular weight excluding hydrogens is 687 g/mol. The van der Waals surface area contributed by atoms with Crippen LogP contribution >= 0.6 is 11.3 Å². The van der Waals surface area contributed by atoms with Crippen LogP contribution in [-0.2, 0) is 0 Å². The van der Waals surface area contributed by atoms with Crippen LogP contribution in [0.5, 0.6) is 0 Å². The maximum atomic E-state index is 5.12. The molecule has 0 atom stereocenters. The first-order valence-corrected chi connectivity index (χ1v) is 19.3. The molecule has 0 bridgehead atoms. The Morgan fingerprint density at radius 3 is 1.42 bits per heavy atom. The summed E-state index contributed by atoms with van der Waals surface area (Å²) in [6, 6.07) is 70.5. The second-order valence-electron chi connectivity index (χ2n) is 13.6. The van der Waals surface area contributed by atoms with Crippen LogP contribution in [-0.4, -0.2) is 15.0 Å². The lowest BCUT2D eigenvalue weighted by Gasteiger charge is -2.13. The lowest BCUT2D eigenvalue weighted by atomic mass is 9.91. The fraction of sp³-hybridized carbons (Fsp3) is 0. The third-order valence-corrected chi connectivity index (χ3v) is 11.3. The third-order valence-electron chi connectivity index (χ3n) is 10.2. The van der Waals surface area contributed by atoms with Gasteiger partial charge in [0.15, 0.2) is 17.5 Å². The molecule has 4 heteroatoms.